The number of nitrogens with one attached hydrogen (secondary N) is 1. The molecule has 558 valence electrons. The fraction of sp³-hybridized carbons (Fsp3) is 0.756. The van der Waals surface area contributed by atoms with Gasteiger partial charge in [0, 0.05) is 6.42 Å². The quantitative estimate of drug-likeness (QED) is 0.0199. The molecular formula is C78H133NO18. The molecule has 19 nitrogen and oxygen atoms in total. The summed E-state index contributed by atoms with van der Waals surface area (Å²) in [6.45, 7) is 1.57. The predicted octanol–water partition coefficient (Wildman–Crippen LogP) is 11.4. The summed E-state index contributed by atoms with van der Waals surface area (Å²) in [5, 5.41) is 121. The Kier molecular flexibility index (Phi) is 52.4. The Balaban J connectivity index is 1.34. The van der Waals surface area contributed by atoms with E-state index in [0.29, 0.717) is 12.8 Å². The molecule has 0 saturated carbocycles. The number of unbranched alkanes of at least 4 members (excludes halogenated alkanes) is 25. The summed E-state index contributed by atoms with van der Waals surface area (Å²) in [6, 6.07) is -1.00. The third kappa shape index (κ3) is 38.9. The first-order valence-electron chi connectivity index (χ1n) is 37.6. The summed E-state index contributed by atoms with van der Waals surface area (Å²) in [7, 11) is 0. The molecule has 3 aliphatic heterocycles. The van der Waals surface area contributed by atoms with Gasteiger partial charge >= 0.3 is 0 Å². The zero-order valence-electron chi connectivity index (χ0n) is 59.3. The van der Waals surface area contributed by atoms with Crippen LogP contribution in [0, 0.1) is 0 Å². The van der Waals surface area contributed by atoms with Crippen LogP contribution in [0.25, 0.3) is 0 Å². The van der Waals surface area contributed by atoms with Gasteiger partial charge in [0.15, 0.2) is 18.9 Å². The third-order valence-electron chi connectivity index (χ3n) is 18.0. The summed E-state index contributed by atoms with van der Waals surface area (Å²) >= 11 is 0. The average Bonchev–Trinajstić information content (AvgIpc) is 0.789. The maximum Gasteiger partial charge on any atom is 0.220 e. The van der Waals surface area contributed by atoms with E-state index < -0.39 is 124 Å². The van der Waals surface area contributed by atoms with E-state index in [4.69, 9.17) is 28.4 Å². The fourth-order valence-electron chi connectivity index (χ4n) is 12.0. The van der Waals surface area contributed by atoms with Crippen molar-refractivity contribution in [3.63, 3.8) is 0 Å². The molecule has 97 heavy (non-hydrogen) atoms. The zero-order valence-corrected chi connectivity index (χ0v) is 59.3. The van der Waals surface area contributed by atoms with Gasteiger partial charge in [0.1, 0.15) is 73.2 Å². The molecule has 17 atom stereocenters. The zero-order chi connectivity index (χ0) is 70.4. The Morgan fingerprint density at radius 2 is 0.722 bits per heavy atom. The van der Waals surface area contributed by atoms with Crippen molar-refractivity contribution in [3.8, 4) is 0 Å². The Morgan fingerprint density at radius 3 is 1.15 bits per heavy atom. The number of aliphatic hydroxyl groups excluding tert-OH is 11. The first-order chi connectivity index (χ1) is 47.3. The first kappa shape index (κ1) is 87.7. The second-order valence-corrected chi connectivity index (χ2v) is 26.4. The van der Waals surface area contributed by atoms with Crippen LogP contribution in [0.3, 0.4) is 0 Å². The van der Waals surface area contributed by atoms with Crippen molar-refractivity contribution in [2.45, 2.75) is 349 Å². The highest BCUT2D eigenvalue weighted by atomic mass is 16.8. The number of aliphatic hydroxyl groups is 11. The first-order valence-corrected chi connectivity index (χ1v) is 37.6. The summed E-state index contributed by atoms with van der Waals surface area (Å²) in [4.78, 5) is 13.4. The maximum atomic E-state index is 13.4. The highest BCUT2D eigenvalue weighted by Crippen LogP contribution is 2.33. The van der Waals surface area contributed by atoms with Crippen LogP contribution in [0.15, 0.2) is 109 Å². The lowest BCUT2D eigenvalue weighted by Crippen LogP contribution is -2.66. The fourth-order valence-corrected chi connectivity index (χ4v) is 12.0. The highest BCUT2D eigenvalue weighted by Gasteiger charge is 2.53. The van der Waals surface area contributed by atoms with Gasteiger partial charge in [-0.3, -0.25) is 4.79 Å². The Morgan fingerprint density at radius 1 is 0.381 bits per heavy atom. The smallest absolute Gasteiger partial charge is 0.220 e. The lowest BCUT2D eigenvalue weighted by Gasteiger charge is -2.48. The number of amides is 1. The van der Waals surface area contributed by atoms with E-state index in [1.807, 2.05) is 6.08 Å². The monoisotopic (exact) mass is 1370 g/mol. The molecule has 19 heteroatoms. The van der Waals surface area contributed by atoms with Gasteiger partial charge in [-0.1, -0.05) is 252 Å². The largest absolute Gasteiger partial charge is 0.394 e. The molecule has 3 fully saturated rings. The van der Waals surface area contributed by atoms with Crippen molar-refractivity contribution in [2.24, 2.45) is 0 Å². The van der Waals surface area contributed by atoms with E-state index in [0.717, 1.165) is 83.5 Å². The van der Waals surface area contributed by atoms with Gasteiger partial charge in [-0.2, -0.15) is 0 Å². The number of allylic oxidation sites excluding steroid dienone is 17. The van der Waals surface area contributed by atoms with Crippen LogP contribution in [0.5, 0.6) is 0 Å². The van der Waals surface area contributed by atoms with Gasteiger partial charge < -0.3 is 89.9 Å². The Hall–Kier alpha value is -3.55. The second kappa shape index (κ2) is 58.0. The average molecular weight is 1370 g/mol. The molecule has 17 unspecified atom stereocenters. The minimum atomic E-state index is -1.99. The topological polar surface area (TPSA) is 307 Å². The maximum absolute atomic E-state index is 13.4. The lowest BCUT2D eigenvalue weighted by atomic mass is 9.96. The van der Waals surface area contributed by atoms with E-state index in [-0.39, 0.29) is 18.9 Å². The van der Waals surface area contributed by atoms with E-state index in [2.05, 4.69) is 116 Å². The molecule has 3 aliphatic rings. The van der Waals surface area contributed by atoms with Crippen LogP contribution >= 0.6 is 0 Å². The van der Waals surface area contributed by atoms with Crippen molar-refractivity contribution < 1.29 is 89.4 Å². The highest BCUT2D eigenvalue weighted by molar-refractivity contribution is 5.76. The van der Waals surface area contributed by atoms with Crippen molar-refractivity contribution in [3.05, 3.63) is 109 Å². The van der Waals surface area contributed by atoms with Gasteiger partial charge in [-0.05, 0) is 96.3 Å². The van der Waals surface area contributed by atoms with Gasteiger partial charge in [0.25, 0.3) is 0 Å². The second-order valence-electron chi connectivity index (χ2n) is 26.4. The van der Waals surface area contributed by atoms with Crippen LogP contribution in [-0.4, -0.2) is 193 Å². The van der Waals surface area contributed by atoms with E-state index in [1.165, 1.54) is 128 Å². The van der Waals surface area contributed by atoms with Gasteiger partial charge in [0.05, 0.1) is 38.6 Å². The summed E-state index contributed by atoms with van der Waals surface area (Å²) in [5.74, 6) is -0.292. The minimum absolute atomic E-state index is 0.228. The number of ether oxygens (including phenoxy) is 6. The molecular weight excluding hydrogens is 1240 g/mol. The van der Waals surface area contributed by atoms with E-state index in [9.17, 15) is 61.0 Å². The number of hydrogen-bond acceptors (Lipinski definition) is 18. The van der Waals surface area contributed by atoms with Crippen molar-refractivity contribution >= 4 is 5.91 Å². The number of hydrogen-bond donors (Lipinski definition) is 12. The van der Waals surface area contributed by atoms with Gasteiger partial charge in [-0.25, -0.2) is 0 Å². The van der Waals surface area contributed by atoms with Gasteiger partial charge in [0.2, 0.25) is 5.91 Å². The van der Waals surface area contributed by atoms with Crippen LogP contribution in [-0.2, 0) is 33.2 Å². The van der Waals surface area contributed by atoms with Crippen LogP contribution in [0.1, 0.15) is 245 Å². The van der Waals surface area contributed by atoms with Crippen molar-refractivity contribution in [2.75, 3.05) is 26.4 Å². The molecule has 0 aromatic heterocycles. The molecule has 1 amide bonds. The molecule has 0 radical (unpaired) electrons. The summed E-state index contributed by atoms with van der Waals surface area (Å²) in [6.07, 6.45) is 52.3. The molecule has 0 aromatic carbocycles. The van der Waals surface area contributed by atoms with Crippen molar-refractivity contribution in [1.82, 2.24) is 5.32 Å². The van der Waals surface area contributed by atoms with E-state index >= 15 is 0 Å². The SMILES string of the molecule is CC/C=C\C/C=C\C/C=C\C/C=C\C/C=C\C/C=C\CCCCCCCCCCCCCCCCCCCCC(=O)NC(COC1OC(CO)C(OC2OC(CO)C(OC3OC(CO)C(O)C(O)C3O)C(O)C2O)C(O)C1O)C(O)/C=C/CC/C=C/CC/C=C/CCCCCCC. The molecule has 3 rings (SSSR count). The number of carbonyl (C=O) groups excluding carboxylic acids is 1. The molecule has 0 aliphatic carbocycles. The van der Waals surface area contributed by atoms with Gasteiger partial charge in [-0.15, -0.1) is 0 Å². The summed E-state index contributed by atoms with van der Waals surface area (Å²) < 4.78 is 34.3. The minimum Gasteiger partial charge on any atom is -0.394 e. The Labute approximate surface area is 583 Å². The number of rotatable bonds is 57. The molecule has 3 heterocycles. The molecule has 12 N–H and O–H groups in total. The summed E-state index contributed by atoms with van der Waals surface area (Å²) in [5.41, 5.74) is 0. The molecule has 3 saturated heterocycles. The van der Waals surface area contributed by atoms with E-state index in [1.54, 1.807) is 6.08 Å². The molecule has 0 spiro atoms. The third-order valence-corrected chi connectivity index (χ3v) is 18.0. The van der Waals surface area contributed by atoms with Crippen LogP contribution < -0.4 is 5.32 Å². The Bertz CT molecular complexity index is 2180. The normalized spacial score (nSPS) is 27.5. The lowest BCUT2D eigenvalue weighted by molar-refractivity contribution is -0.379. The van der Waals surface area contributed by atoms with Crippen molar-refractivity contribution in [1.29, 1.82) is 0 Å². The van der Waals surface area contributed by atoms with Crippen LogP contribution in [0.4, 0.5) is 0 Å². The molecule has 0 aromatic rings. The number of carbonyl (C=O) groups is 1. The predicted molar refractivity (Wildman–Crippen MR) is 383 cm³/mol. The molecule has 0 bridgehead atoms. The van der Waals surface area contributed by atoms with Crippen LogP contribution in [0.2, 0.25) is 0 Å². The standard InChI is InChI=1S/C78H133NO18/c1-3-5-7-9-11-13-15-17-19-20-21-22-23-24-25-26-27-28-29-30-31-32-33-34-35-36-37-38-39-40-42-44-46-48-50-52-54-56-66(84)79-61(62(83)55-53-51-49-47-45-43-41-18-16-14-12-10-8-6-4-2)60-92-76-72(90)69(87)74(64(58-81)94-76)97-78-73(91)70(88)75(65(59-82)95-78)96-77-71(89)68(86)67(85)63(57-80)93-77/h5,7,11,13,16-19,21-22,24-25,27-28,45,47,53,55,61-65,67-78,80-83,85-91H,3-4,6,8-10,12,14-15,20,23,26,29-44,46,48-52,54,56-60H2,1-2H3,(H,79,84)/b7-5-,13-11-,18-16+,19-17-,22-21-,25-24-,28-27-,47-45+,55-53+.